The third-order valence-electron chi connectivity index (χ3n) is 4.09. The molecule has 29 heavy (non-hydrogen) atoms. The maximum Gasteiger partial charge on any atom is 0.349 e. The van der Waals surface area contributed by atoms with Gasteiger partial charge in [-0.2, -0.15) is 5.26 Å². The summed E-state index contributed by atoms with van der Waals surface area (Å²) in [6, 6.07) is 9.01. The fraction of sp³-hybridized carbons (Fsp3) is 0.238. The lowest BCUT2D eigenvalue weighted by Gasteiger charge is -2.07. The van der Waals surface area contributed by atoms with Crippen molar-refractivity contribution in [2.45, 2.75) is 20.8 Å². The molecule has 0 aliphatic heterocycles. The van der Waals surface area contributed by atoms with Gasteiger partial charge in [-0.25, -0.2) is 9.59 Å². The standard InChI is InChI=1S/C21H20N2O5S/c1-12-5-7-15(8-6-12)9-16(10-22)20(25)28-11-17(24)23-19-18(21(26)27-4)13(2)14(3)29-19/h5-9H,11H2,1-4H3,(H,23,24)/b16-9+. The first kappa shape index (κ1) is 21.9. The first-order chi connectivity index (χ1) is 13.8. The van der Waals surface area contributed by atoms with E-state index in [0.29, 0.717) is 16.1 Å². The Labute approximate surface area is 172 Å². The zero-order valence-corrected chi connectivity index (χ0v) is 17.3. The van der Waals surface area contributed by atoms with Crippen LogP contribution in [0.1, 0.15) is 31.9 Å². The molecule has 2 rings (SSSR count). The quantitative estimate of drug-likeness (QED) is 0.442. The van der Waals surface area contributed by atoms with E-state index in [9.17, 15) is 19.6 Å². The number of ether oxygens (including phenoxy) is 2. The Kier molecular flexibility index (Phi) is 7.28. The summed E-state index contributed by atoms with van der Waals surface area (Å²) >= 11 is 1.22. The number of nitrogens with one attached hydrogen (secondary N) is 1. The van der Waals surface area contributed by atoms with Gasteiger partial charge in [0.1, 0.15) is 16.6 Å². The van der Waals surface area contributed by atoms with Gasteiger partial charge in [-0.3, -0.25) is 4.79 Å². The van der Waals surface area contributed by atoms with Gasteiger partial charge in [0.15, 0.2) is 6.61 Å². The van der Waals surface area contributed by atoms with Crippen LogP contribution in [0.4, 0.5) is 5.00 Å². The van der Waals surface area contributed by atoms with E-state index < -0.39 is 24.5 Å². The molecule has 1 heterocycles. The summed E-state index contributed by atoms with van der Waals surface area (Å²) in [5.74, 6) is -2.10. The molecule has 0 unspecified atom stereocenters. The summed E-state index contributed by atoms with van der Waals surface area (Å²) in [6.07, 6.45) is 1.39. The molecule has 0 saturated heterocycles. The predicted molar refractivity (Wildman–Crippen MR) is 109 cm³/mol. The fourth-order valence-corrected chi connectivity index (χ4v) is 3.47. The van der Waals surface area contributed by atoms with Gasteiger partial charge < -0.3 is 14.8 Å². The van der Waals surface area contributed by atoms with E-state index in [1.165, 1.54) is 24.5 Å². The molecule has 2 aromatic rings. The second-order valence-electron chi connectivity index (χ2n) is 6.18. The average molecular weight is 412 g/mol. The molecule has 0 aliphatic carbocycles. The maximum atomic E-state index is 12.2. The Hall–Kier alpha value is -3.44. The number of amides is 1. The molecule has 1 N–H and O–H groups in total. The van der Waals surface area contributed by atoms with Crippen molar-refractivity contribution < 1.29 is 23.9 Å². The van der Waals surface area contributed by atoms with Gasteiger partial charge in [0.05, 0.1) is 12.7 Å². The number of nitriles is 1. The molecule has 7 nitrogen and oxygen atoms in total. The van der Waals surface area contributed by atoms with Crippen molar-refractivity contribution in [3.8, 4) is 6.07 Å². The van der Waals surface area contributed by atoms with Crippen LogP contribution in [-0.4, -0.2) is 31.6 Å². The van der Waals surface area contributed by atoms with Crippen molar-refractivity contribution in [3.05, 3.63) is 57.0 Å². The lowest BCUT2D eigenvalue weighted by Crippen LogP contribution is -2.22. The topological polar surface area (TPSA) is 105 Å². The van der Waals surface area contributed by atoms with Crippen molar-refractivity contribution in [3.63, 3.8) is 0 Å². The van der Waals surface area contributed by atoms with E-state index in [1.54, 1.807) is 25.1 Å². The van der Waals surface area contributed by atoms with Crippen LogP contribution in [-0.2, 0) is 19.1 Å². The molecule has 0 bridgehead atoms. The van der Waals surface area contributed by atoms with Gasteiger partial charge in [0, 0.05) is 4.88 Å². The average Bonchev–Trinajstić information content (AvgIpc) is 2.98. The minimum Gasteiger partial charge on any atom is -0.465 e. The summed E-state index contributed by atoms with van der Waals surface area (Å²) in [5, 5.41) is 12.1. The second-order valence-corrected chi connectivity index (χ2v) is 7.41. The zero-order chi connectivity index (χ0) is 21.6. The number of aryl methyl sites for hydroxylation is 2. The number of carbonyl (C=O) groups excluding carboxylic acids is 3. The first-order valence-electron chi connectivity index (χ1n) is 8.60. The molecular weight excluding hydrogens is 392 g/mol. The fourth-order valence-electron chi connectivity index (χ4n) is 2.40. The highest BCUT2D eigenvalue weighted by Gasteiger charge is 2.22. The van der Waals surface area contributed by atoms with Crippen molar-refractivity contribution in [2.24, 2.45) is 0 Å². The zero-order valence-electron chi connectivity index (χ0n) is 16.5. The number of benzene rings is 1. The summed E-state index contributed by atoms with van der Waals surface area (Å²) in [4.78, 5) is 37.1. The summed E-state index contributed by atoms with van der Waals surface area (Å²) in [7, 11) is 1.26. The molecule has 0 fully saturated rings. The molecule has 1 aromatic heterocycles. The SMILES string of the molecule is COC(=O)c1c(NC(=O)COC(=O)/C(C#N)=C/c2ccc(C)cc2)sc(C)c1C. The van der Waals surface area contributed by atoms with Crippen LogP contribution in [0.5, 0.6) is 0 Å². The second kappa shape index (κ2) is 9.66. The molecule has 0 atom stereocenters. The number of nitrogens with zero attached hydrogens (tertiary/aromatic N) is 1. The molecular formula is C21H20N2O5S. The van der Waals surface area contributed by atoms with Gasteiger partial charge in [0.2, 0.25) is 0 Å². The molecule has 0 radical (unpaired) electrons. The van der Waals surface area contributed by atoms with Crippen LogP contribution in [0.25, 0.3) is 6.08 Å². The van der Waals surface area contributed by atoms with E-state index in [1.807, 2.05) is 26.0 Å². The lowest BCUT2D eigenvalue weighted by molar-refractivity contribution is -0.142. The van der Waals surface area contributed by atoms with Crippen molar-refractivity contribution in [1.82, 2.24) is 0 Å². The molecule has 150 valence electrons. The Morgan fingerprint density at radius 2 is 1.83 bits per heavy atom. The number of thiophene rings is 1. The summed E-state index contributed by atoms with van der Waals surface area (Å²) in [6.45, 7) is 4.90. The number of hydrogen-bond acceptors (Lipinski definition) is 7. The predicted octanol–water partition coefficient (Wildman–Crippen LogP) is 3.55. The van der Waals surface area contributed by atoms with Gasteiger partial charge in [-0.1, -0.05) is 29.8 Å². The monoisotopic (exact) mass is 412 g/mol. The number of anilines is 1. The third-order valence-corrected chi connectivity index (χ3v) is 5.21. The Balaban J connectivity index is 2.04. The van der Waals surface area contributed by atoms with E-state index >= 15 is 0 Å². The van der Waals surface area contributed by atoms with Crippen LogP contribution >= 0.6 is 11.3 Å². The van der Waals surface area contributed by atoms with Crippen LogP contribution in [0.15, 0.2) is 29.8 Å². The van der Waals surface area contributed by atoms with Gasteiger partial charge in [0.25, 0.3) is 5.91 Å². The molecule has 1 amide bonds. The highest BCUT2D eigenvalue weighted by atomic mass is 32.1. The van der Waals surface area contributed by atoms with E-state index in [-0.39, 0.29) is 11.1 Å². The minimum absolute atomic E-state index is 0.222. The summed E-state index contributed by atoms with van der Waals surface area (Å²) in [5.41, 5.74) is 2.47. The molecule has 1 aromatic carbocycles. The van der Waals surface area contributed by atoms with E-state index in [4.69, 9.17) is 9.47 Å². The lowest BCUT2D eigenvalue weighted by atomic mass is 10.1. The highest BCUT2D eigenvalue weighted by Crippen LogP contribution is 2.32. The van der Waals surface area contributed by atoms with Gasteiger partial charge in [-0.15, -0.1) is 11.3 Å². The van der Waals surface area contributed by atoms with E-state index in [0.717, 1.165) is 10.4 Å². The van der Waals surface area contributed by atoms with E-state index in [2.05, 4.69) is 5.32 Å². The van der Waals surface area contributed by atoms with Crippen molar-refractivity contribution in [2.75, 3.05) is 19.0 Å². The van der Waals surface area contributed by atoms with Crippen LogP contribution in [0.2, 0.25) is 0 Å². The van der Waals surface area contributed by atoms with Crippen LogP contribution < -0.4 is 5.32 Å². The number of rotatable bonds is 6. The summed E-state index contributed by atoms with van der Waals surface area (Å²) < 4.78 is 9.68. The molecule has 0 aliphatic rings. The first-order valence-corrected chi connectivity index (χ1v) is 9.42. The Bertz CT molecular complexity index is 1010. The number of carbonyl (C=O) groups is 3. The molecule has 0 saturated carbocycles. The smallest absolute Gasteiger partial charge is 0.349 e. The Morgan fingerprint density at radius 1 is 1.17 bits per heavy atom. The van der Waals surface area contributed by atoms with Gasteiger partial charge >= 0.3 is 11.9 Å². The molecule has 0 spiro atoms. The molecule has 8 heteroatoms. The number of methoxy groups -OCH3 is 1. The van der Waals surface area contributed by atoms with Crippen LogP contribution in [0.3, 0.4) is 0 Å². The van der Waals surface area contributed by atoms with Gasteiger partial charge in [-0.05, 0) is 38.0 Å². The minimum atomic E-state index is -0.907. The Morgan fingerprint density at radius 3 is 2.41 bits per heavy atom. The van der Waals surface area contributed by atoms with Crippen molar-refractivity contribution >= 4 is 40.3 Å². The maximum absolute atomic E-state index is 12.2. The highest BCUT2D eigenvalue weighted by molar-refractivity contribution is 7.16. The third kappa shape index (κ3) is 5.53. The largest absolute Gasteiger partial charge is 0.465 e. The number of hydrogen-bond donors (Lipinski definition) is 1. The normalized spacial score (nSPS) is 10.8. The van der Waals surface area contributed by atoms with Crippen molar-refractivity contribution in [1.29, 1.82) is 5.26 Å². The van der Waals surface area contributed by atoms with Crippen LogP contribution in [0, 0.1) is 32.1 Å². The number of esters is 2.